The average molecular weight is 604 g/mol. The van der Waals surface area contributed by atoms with Crippen LogP contribution in [0.15, 0.2) is 144 Å². The van der Waals surface area contributed by atoms with Crippen LogP contribution < -0.4 is 0 Å². The SMILES string of the molecule is CC1(C)c2ccccc2-c2ccc3c(c21)c1ccccc1n3-c1cccc(-c2nc(-c3ccccc3)nc3oc4ccccc4c23)c1. The second kappa shape index (κ2) is 9.51. The minimum absolute atomic E-state index is 0.120. The molecule has 47 heavy (non-hydrogen) atoms. The third-order valence-electron chi connectivity index (χ3n) is 10.0. The van der Waals surface area contributed by atoms with Gasteiger partial charge in [-0.25, -0.2) is 4.98 Å². The van der Waals surface area contributed by atoms with Gasteiger partial charge in [-0.15, -0.1) is 0 Å². The van der Waals surface area contributed by atoms with Crippen LogP contribution in [0.3, 0.4) is 0 Å². The predicted octanol–water partition coefficient (Wildman–Crippen LogP) is 11.1. The number of fused-ring (bicyclic) bond motifs is 10. The van der Waals surface area contributed by atoms with Gasteiger partial charge in [-0.2, -0.15) is 4.98 Å². The topological polar surface area (TPSA) is 43.9 Å². The fourth-order valence-corrected chi connectivity index (χ4v) is 7.95. The lowest BCUT2D eigenvalue weighted by atomic mass is 9.80. The van der Waals surface area contributed by atoms with Crippen molar-refractivity contribution in [2.75, 3.05) is 0 Å². The number of rotatable bonds is 3. The Morgan fingerprint density at radius 3 is 2.21 bits per heavy atom. The van der Waals surface area contributed by atoms with Gasteiger partial charge in [0.2, 0.25) is 5.71 Å². The van der Waals surface area contributed by atoms with Crippen molar-refractivity contribution < 1.29 is 4.42 Å². The highest BCUT2D eigenvalue weighted by Gasteiger charge is 2.38. The molecule has 0 atom stereocenters. The normalized spacial score (nSPS) is 13.5. The molecule has 4 nitrogen and oxygen atoms in total. The molecule has 1 aliphatic rings. The molecule has 9 aromatic rings. The summed E-state index contributed by atoms with van der Waals surface area (Å²) >= 11 is 0. The Morgan fingerprint density at radius 2 is 1.32 bits per heavy atom. The Balaban J connectivity index is 1.25. The summed E-state index contributed by atoms with van der Waals surface area (Å²) in [5.74, 6) is 0.645. The molecule has 0 saturated heterocycles. The number of nitrogens with zero attached hydrogens (tertiary/aromatic N) is 3. The van der Waals surface area contributed by atoms with Crippen LogP contribution in [0.2, 0.25) is 0 Å². The van der Waals surface area contributed by atoms with Crippen LogP contribution in [0.1, 0.15) is 25.0 Å². The molecule has 0 aliphatic heterocycles. The van der Waals surface area contributed by atoms with Gasteiger partial charge < -0.3 is 8.98 Å². The number of hydrogen-bond donors (Lipinski definition) is 0. The first-order valence-corrected chi connectivity index (χ1v) is 16.1. The molecule has 4 heteroatoms. The van der Waals surface area contributed by atoms with Gasteiger partial charge in [-0.1, -0.05) is 123 Å². The van der Waals surface area contributed by atoms with Gasteiger partial charge in [0.05, 0.1) is 22.1 Å². The van der Waals surface area contributed by atoms with Crippen LogP contribution in [0.5, 0.6) is 0 Å². The molecule has 0 radical (unpaired) electrons. The smallest absolute Gasteiger partial charge is 0.231 e. The van der Waals surface area contributed by atoms with Crippen molar-refractivity contribution in [1.29, 1.82) is 0 Å². The molecular weight excluding hydrogens is 574 g/mol. The van der Waals surface area contributed by atoms with Gasteiger partial charge in [0.1, 0.15) is 5.58 Å². The molecule has 3 aromatic heterocycles. The van der Waals surface area contributed by atoms with E-state index < -0.39 is 0 Å². The molecular formula is C43H29N3O. The second-order valence-electron chi connectivity index (χ2n) is 13.0. The van der Waals surface area contributed by atoms with Gasteiger partial charge in [0.25, 0.3) is 0 Å². The largest absolute Gasteiger partial charge is 0.438 e. The molecule has 0 spiro atoms. The van der Waals surface area contributed by atoms with E-state index in [4.69, 9.17) is 14.4 Å². The van der Waals surface area contributed by atoms with Crippen molar-refractivity contribution >= 4 is 43.9 Å². The fraction of sp³-hybridized carbons (Fsp3) is 0.0698. The molecule has 222 valence electrons. The van der Waals surface area contributed by atoms with E-state index in [0.717, 1.165) is 38.9 Å². The van der Waals surface area contributed by atoms with Gasteiger partial charge in [0, 0.05) is 38.4 Å². The fourth-order valence-electron chi connectivity index (χ4n) is 7.95. The second-order valence-corrected chi connectivity index (χ2v) is 13.0. The molecule has 1 aliphatic carbocycles. The van der Waals surface area contributed by atoms with E-state index in [2.05, 4.69) is 109 Å². The highest BCUT2D eigenvalue weighted by molar-refractivity contribution is 6.15. The van der Waals surface area contributed by atoms with Crippen molar-refractivity contribution in [3.05, 3.63) is 151 Å². The minimum Gasteiger partial charge on any atom is -0.438 e. The van der Waals surface area contributed by atoms with Crippen molar-refractivity contribution in [1.82, 2.24) is 14.5 Å². The summed E-state index contributed by atoms with van der Waals surface area (Å²) in [6.45, 7) is 4.73. The summed E-state index contributed by atoms with van der Waals surface area (Å²) < 4.78 is 8.74. The molecule has 0 N–H and O–H groups in total. The number of furan rings is 1. The lowest BCUT2D eigenvalue weighted by Gasteiger charge is -2.22. The summed E-state index contributed by atoms with van der Waals surface area (Å²) in [5, 5.41) is 4.53. The zero-order valence-electron chi connectivity index (χ0n) is 26.0. The monoisotopic (exact) mass is 603 g/mol. The van der Waals surface area contributed by atoms with Crippen LogP contribution in [0.25, 0.3) is 83.3 Å². The van der Waals surface area contributed by atoms with Crippen LogP contribution in [-0.2, 0) is 5.41 Å². The molecule has 10 rings (SSSR count). The van der Waals surface area contributed by atoms with E-state index in [0.29, 0.717) is 11.5 Å². The summed E-state index contributed by atoms with van der Waals surface area (Å²) in [6.07, 6.45) is 0. The van der Waals surface area contributed by atoms with Gasteiger partial charge in [0.15, 0.2) is 5.82 Å². The Bertz CT molecular complexity index is 2710. The van der Waals surface area contributed by atoms with Crippen molar-refractivity contribution in [2.24, 2.45) is 0 Å². The van der Waals surface area contributed by atoms with Gasteiger partial charge >= 0.3 is 0 Å². The maximum atomic E-state index is 6.33. The van der Waals surface area contributed by atoms with Crippen molar-refractivity contribution in [2.45, 2.75) is 19.3 Å². The van der Waals surface area contributed by atoms with Crippen LogP contribution in [-0.4, -0.2) is 14.5 Å². The average Bonchev–Trinajstić information content (AvgIpc) is 3.74. The van der Waals surface area contributed by atoms with E-state index in [1.165, 1.54) is 44.1 Å². The maximum Gasteiger partial charge on any atom is 0.231 e. The van der Waals surface area contributed by atoms with Crippen LogP contribution >= 0.6 is 0 Å². The quantitative estimate of drug-likeness (QED) is 0.202. The minimum atomic E-state index is -0.120. The molecule has 0 saturated carbocycles. The van der Waals surface area contributed by atoms with E-state index in [-0.39, 0.29) is 5.41 Å². The summed E-state index contributed by atoms with van der Waals surface area (Å²) in [4.78, 5) is 10.1. The zero-order valence-corrected chi connectivity index (χ0v) is 26.0. The highest BCUT2D eigenvalue weighted by atomic mass is 16.3. The van der Waals surface area contributed by atoms with E-state index in [1.807, 2.05) is 48.5 Å². The molecule has 0 bridgehead atoms. The molecule has 6 aromatic carbocycles. The molecule has 0 amide bonds. The first kappa shape index (κ1) is 26.2. The Kier molecular flexibility index (Phi) is 5.31. The number of aromatic nitrogens is 3. The Labute approximate surface area is 271 Å². The highest BCUT2D eigenvalue weighted by Crippen LogP contribution is 2.53. The molecule has 0 fully saturated rings. The lowest BCUT2D eigenvalue weighted by molar-refractivity contribution is 0.653. The third-order valence-corrected chi connectivity index (χ3v) is 10.0. The van der Waals surface area contributed by atoms with Gasteiger partial charge in [-0.05, 0) is 52.6 Å². The number of benzene rings is 6. The maximum absolute atomic E-state index is 6.33. The van der Waals surface area contributed by atoms with Gasteiger partial charge in [-0.3, -0.25) is 0 Å². The van der Waals surface area contributed by atoms with E-state index >= 15 is 0 Å². The molecule has 3 heterocycles. The zero-order chi connectivity index (χ0) is 31.3. The lowest BCUT2D eigenvalue weighted by Crippen LogP contribution is -2.15. The Morgan fingerprint density at radius 1 is 0.574 bits per heavy atom. The first-order chi connectivity index (χ1) is 23.1. The van der Waals surface area contributed by atoms with E-state index in [1.54, 1.807) is 0 Å². The van der Waals surface area contributed by atoms with Crippen LogP contribution in [0.4, 0.5) is 0 Å². The van der Waals surface area contributed by atoms with Crippen molar-refractivity contribution in [3.8, 4) is 39.5 Å². The van der Waals surface area contributed by atoms with Crippen LogP contribution in [0, 0.1) is 0 Å². The summed E-state index contributed by atoms with van der Waals surface area (Å²) in [7, 11) is 0. The predicted molar refractivity (Wildman–Crippen MR) is 192 cm³/mol. The first-order valence-electron chi connectivity index (χ1n) is 16.1. The third kappa shape index (κ3) is 3.64. The standard InChI is InChI=1S/C43H29N3O/c1-43(2)33-20-9-6-17-29(33)30-23-24-35-37(39(30)43)31-18-7-10-21-34(31)46(35)28-16-12-15-27(25-28)40-38-32-19-8-11-22-36(32)47-42(38)45-41(44-40)26-13-4-3-5-14-26/h3-25H,1-2H3. The number of hydrogen-bond acceptors (Lipinski definition) is 3. The summed E-state index contributed by atoms with van der Waals surface area (Å²) in [6, 6.07) is 49.3. The number of para-hydroxylation sites is 2. The Hall–Kier alpha value is -6.00. The van der Waals surface area contributed by atoms with E-state index in [9.17, 15) is 0 Å². The summed E-state index contributed by atoms with van der Waals surface area (Å²) in [5.41, 5.74) is 13.0. The molecule has 0 unspecified atom stereocenters. The van der Waals surface area contributed by atoms with Crippen molar-refractivity contribution in [3.63, 3.8) is 0 Å².